The quantitative estimate of drug-likeness (QED) is 0.618. The number of hydrogen-bond donors (Lipinski definition) is 1. The van der Waals surface area contributed by atoms with Gasteiger partial charge in [-0.15, -0.1) is 0 Å². The van der Waals surface area contributed by atoms with Crippen molar-refractivity contribution in [2.45, 2.75) is 33.2 Å². The summed E-state index contributed by atoms with van der Waals surface area (Å²) in [6.07, 6.45) is 0.264. The lowest BCUT2D eigenvalue weighted by Gasteiger charge is -2.20. The first-order valence-electron chi connectivity index (χ1n) is 7.58. The molecule has 23 heavy (non-hydrogen) atoms. The van der Waals surface area contributed by atoms with Crippen LogP contribution < -0.4 is 5.32 Å². The minimum Gasteiger partial charge on any atom is -0.469 e. The van der Waals surface area contributed by atoms with Gasteiger partial charge < -0.3 is 14.8 Å². The number of carbonyl (C=O) groups is 2. The Labute approximate surface area is 137 Å². The summed E-state index contributed by atoms with van der Waals surface area (Å²) in [5.74, 6) is -1.21. The summed E-state index contributed by atoms with van der Waals surface area (Å²) in [6.45, 7) is 5.55. The van der Waals surface area contributed by atoms with E-state index in [1.165, 1.54) is 14.2 Å². The van der Waals surface area contributed by atoms with E-state index in [0.717, 1.165) is 5.56 Å². The van der Waals surface area contributed by atoms with Gasteiger partial charge in [-0.3, -0.25) is 4.79 Å². The van der Waals surface area contributed by atoms with Crippen molar-refractivity contribution in [2.75, 3.05) is 14.2 Å². The molecule has 0 saturated heterocycles. The normalized spacial score (nSPS) is 14.3. The van der Waals surface area contributed by atoms with Crippen LogP contribution in [0.1, 0.15) is 38.8 Å². The fourth-order valence-electron chi connectivity index (χ4n) is 2.34. The number of ether oxygens (including phenoxy) is 2. The number of carbonyl (C=O) groups excluding carboxylic acids is 2. The monoisotopic (exact) mass is 319 g/mol. The molecule has 1 N–H and O–H groups in total. The zero-order valence-electron chi connectivity index (χ0n) is 14.4. The number of hydrogen-bond acceptors (Lipinski definition) is 5. The molecule has 5 heteroatoms. The van der Waals surface area contributed by atoms with Crippen LogP contribution in [0.5, 0.6) is 0 Å². The highest BCUT2D eigenvalue weighted by Gasteiger charge is 2.22. The van der Waals surface area contributed by atoms with Gasteiger partial charge in [-0.2, -0.15) is 0 Å². The number of benzene rings is 1. The Bertz CT molecular complexity index is 566. The first-order valence-corrected chi connectivity index (χ1v) is 7.58. The summed E-state index contributed by atoms with van der Waals surface area (Å²) < 4.78 is 9.57. The van der Waals surface area contributed by atoms with Crippen LogP contribution in [0.2, 0.25) is 0 Å². The number of nitrogens with one attached hydrogen (secondary N) is 1. The van der Waals surface area contributed by atoms with E-state index in [2.05, 4.69) is 5.32 Å². The molecule has 1 rings (SSSR count). The largest absolute Gasteiger partial charge is 0.469 e. The molecule has 0 aliphatic rings. The predicted octanol–water partition coefficient (Wildman–Crippen LogP) is 2.98. The van der Waals surface area contributed by atoms with E-state index in [0.29, 0.717) is 11.3 Å². The van der Waals surface area contributed by atoms with Crippen LogP contribution in [0.25, 0.3) is 0 Å². The molecule has 0 spiro atoms. The molecule has 0 unspecified atom stereocenters. The maximum Gasteiger partial charge on any atom is 0.335 e. The molecule has 1 aromatic rings. The van der Waals surface area contributed by atoms with Crippen molar-refractivity contribution in [1.82, 2.24) is 5.32 Å². The lowest BCUT2D eigenvalue weighted by atomic mass is 9.99. The number of methoxy groups -OCH3 is 2. The Hall–Kier alpha value is -2.30. The maximum absolute atomic E-state index is 12.0. The molecular formula is C18H25NO4. The van der Waals surface area contributed by atoms with Crippen LogP contribution in [0.15, 0.2) is 41.6 Å². The highest BCUT2D eigenvalue weighted by molar-refractivity contribution is 5.90. The highest BCUT2D eigenvalue weighted by Crippen LogP contribution is 2.20. The van der Waals surface area contributed by atoms with E-state index in [1.54, 1.807) is 6.92 Å². The van der Waals surface area contributed by atoms with Gasteiger partial charge in [0.1, 0.15) is 0 Å². The second-order valence-corrected chi connectivity index (χ2v) is 5.50. The van der Waals surface area contributed by atoms with Crippen molar-refractivity contribution < 1.29 is 19.1 Å². The third-order valence-electron chi connectivity index (χ3n) is 3.73. The van der Waals surface area contributed by atoms with Gasteiger partial charge in [0.2, 0.25) is 0 Å². The van der Waals surface area contributed by atoms with Gasteiger partial charge in [0.05, 0.1) is 25.7 Å². The number of rotatable bonds is 7. The van der Waals surface area contributed by atoms with Gasteiger partial charge in [0, 0.05) is 11.7 Å². The van der Waals surface area contributed by atoms with Crippen molar-refractivity contribution in [2.24, 2.45) is 5.92 Å². The second kappa shape index (κ2) is 8.98. The van der Waals surface area contributed by atoms with Gasteiger partial charge in [0.15, 0.2) is 0 Å². The molecule has 0 bridgehead atoms. The molecule has 0 heterocycles. The number of esters is 2. The smallest absolute Gasteiger partial charge is 0.335 e. The van der Waals surface area contributed by atoms with Crippen LogP contribution in [0.3, 0.4) is 0 Å². The first kappa shape index (κ1) is 18.7. The Morgan fingerprint density at radius 3 is 2.22 bits per heavy atom. The van der Waals surface area contributed by atoms with Crippen LogP contribution in [0.4, 0.5) is 0 Å². The summed E-state index contributed by atoms with van der Waals surface area (Å²) in [4.78, 5) is 23.7. The summed E-state index contributed by atoms with van der Waals surface area (Å²) >= 11 is 0. The van der Waals surface area contributed by atoms with Crippen molar-refractivity contribution >= 4 is 11.9 Å². The molecule has 126 valence electrons. The van der Waals surface area contributed by atoms with Crippen LogP contribution in [0, 0.1) is 5.92 Å². The van der Waals surface area contributed by atoms with Crippen LogP contribution >= 0.6 is 0 Å². The van der Waals surface area contributed by atoms with Crippen molar-refractivity contribution in [3.63, 3.8) is 0 Å². The zero-order chi connectivity index (χ0) is 17.4. The second-order valence-electron chi connectivity index (χ2n) is 5.50. The Morgan fingerprint density at radius 1 is 1.09 bits per heavy atom. The molecule has 0 aliphatic carbocycles. The average Bonchev–Trinajstić information content (AvgIpc) is 2.58. The van der Waals surface area contributed by atoms with Crippen molar-refractivity contribution in [1.29, 1.82) is 0 Å². The fourth-order valence-corrected chi connectivity index (χ4v) is 2.34. The summed E-state index contributed by atoms with van der Waals surface area (Å²) in [5, 5.41) is 3.30. The van der Waals surface area contributed by atoms with Crippen molar-refractivity contribution in [3.8, 4) is 0 Å². The van der Waals surface area contributed by atoms with E-state index in [-0.39, 0.29) is 18.4 Å². The summed E-state index contributed by atoms with van der Waals surface area (Å²) in [7, 11) is 2.67. The van der Waals surface area contributed by atoms with Gasteiger partial charge in [-0.05, 0) is 25.8 Å². The molecule has 0 aliphatic heterocycles. The van der Waals surface area contributed by atoms with Crippen LogP contribution in [-0.2, 0) is 19.1 Å². The van der Waals surface area contributed by atoms with E-state index in [9.17, 15) is 9.59 Å². The topological polar surface area (TPSA) is 64.6 Å². The van der Waals surface area contributed by atoms with Gasteiger partial charge in [-0.25, -0.2) is 4.79 Å². The number of allylic oxidation sites excluding steroid dienone is 1. The van der Waals surface area contributed by atoms with E-state index in [4.69, 9.17) is 9.47 Å². The lowest BCUT2D eigenvalue weighted by molar-refractivity contribution is -0.145. The Kier molecular flexibility index (Phi) is 7.32. The van der Waals surface area contributed by atoms with Gasteiger partial charge in [0.25, 0.3) is 0 Å². The summed E-state index contributed by atoms with van der Waals surface area (Å²) in [6, 6.07) is 9.95. The Morgan fingerprint density at radius 2 is 1.70 bits per heavy atom. The van der Waals surface area contributed by atoms with Gasteiger partial charge >= 0.3 is 11.9 Å². The third kappa shape index (κ3) is 5.43. The predicted molar refractivity (Wildman–Crippen MR) is 88.5 cm³/mol. The van der Waals surface area contributed by atoms with Crippen LogP contribution in [-0.4, -0.2) is 26.2 Å². The third-order valence-corrected chi connectivity index (χ3v) is 3.73. The van der Waals surface area contributed by atoms with E-state index < -0.39 is 11.9 Å². The molecule has 5 nitrogen and oxygen atoms in total. The van der Waals surface area contributed by atoms with E-state index >= 15 is 0 Å². The SMILES string of the molecule is COC(=O)/C(C[C@H](C)C(=O)OC)=C(/C)N[C@@H](C)c1ccccc1. The Balaban J connectivity index is 2.96. The highest BCUT2D eigenvalue weighted by atomic mass is 16.5. The van der Waals surface area contributed by atoms with Crippen molar-refractivity contribution in [3.05, 3.63) is 47.2 Å². The average molecular weight is 319 g/mol. The standard InChI is InChI=1S/C18H25NO4/c1-12(17(20)22-4)11-16(18(21)23-5)14(3)19-13(2)15-9-7-6-8-10-15/h6-10,12-13,19H,11H2,1-5H3/b16-14-/t12-,13-/m0/s1. The lowest BCUT2D eigenvalue weighted by Crippen LogP contribution is -2.23. The minimum atomic E-state index is -0.439. The molecule has 0 fully saturated rings. The molecule has 1 aromatic carbocycles. The molecular weight excluding hydrogens is 294 g/mol. The fraction of sp³-hybridized carbons (Fsp3) is 0.444. The molecule has 2 atom stereocenters. The first-order chi connectivity index (χ1) is 10.9. The maximum atomic E-state index is 12.0. The minimum absolute atomic E-state index is 0.0317. The van der Waals surface area contributed by atoms with Gasteiger partial charge in [-0.1, -0.05) is 37.3 Å². The molecule has 0 amide bonds. The molecule has 0 radical (unpaired) electrons. The van der Waals surface area contributed by atoms with E-state index in [1.807, 2.05) is 44.2 Å². The molecule has 0 saturated carbocycles. The summed E-state index contributed by atoms with van der Waals surface area (Å²) in [5.41, 5.74) is 2.26. The zero-order valence-corrected chi connectivity index (χ0v) is 14.4. The molecule has 0 aromatic heterocycles.